The molecular weight excluding hydrogens is 376 g/mol. The topological polar surface area (TPSA) is 68.2 Å². The number of rotatable bonds is 7. The van der Waals surface area contributed by atoms with Crippen LogP contribution in [0.2, 0.25) is 5.02 Å². The van der Waals surface area contributed by atoms with Gasteiger partial charge in [-0.25, -0.2) is 9.78 Å². The normalized spacial score (nSPS) is 11.7. The zero-order valence-electron chi connectivity index (χ0n) is 15.9. The van der Waals surface area contributed by atoms with Crippen LogP contribution in [0.25, 0.3) is 0 Å². The fraction of sp³-hybridized carbons (Fsp3) is 0.238. The summed E-state index contributed by atoms with van der Waals surface area (Å²) in [5.41, 5.74) is 1.99. The molecule has 3 rings (SSSR count). The van der Waals surface area contributed by atoms with Gasteiger partial charge in [0, 0.05) is 31.0 Å². The minimum Gasteiger partial charge on any atom is -0.497 e. The summed E-state index contributed by atoms with van der Waals surface area (Å²) in [6.07, 6.45) is 4.26. The van der Waals surface area contributed by atoms with Crippen molar-refractivity contribution in [3.05, 3.63) is 82.9 Å². The second-order valence-corrected chi connectivity index (χ2v) is 6.82. The quantitative estimate of drug-likeness (QED) is 0.637. The van der Waals surface area contributed by atoms with Crippen LogP contribution in [-0.2, 0) is 13.5 Å². The smallest absolute Gasteiger partial charge is 0.315 e. The molecule has 1 aromatic heterocycles. The van der Waals surface area contributed by atoms with Crippen molar-refractivity contribution >= 4 is 17.6 Å². The molecule has 0 saturated heterocycles. The molecule has 2 N–H and O–H groups in total. The Morgan fingerprint density at radius 3 is 2.68 bits per heavy atom. The first-order valence-electron chi connectivity index (χ1n) is 8.97. The highest BCUT2D eigenvalue weighted by Gasteiger charge is 2.20. The fourth-order valence-electron chi connectivity index (χ4n) is 2.94. The van der Waals surface area contributed by atoms with Crippen LogP contribution in [0.4, 0.5) is 4.79 Å². The number of amides is 2. The molecule has 0 aliphatic heterocycles. The first kappa shape index (κ1) is 19.8. The molecular formula is C21H23ClN4O2. The number of hydrogen-bond acceptors (Lipinski definition) is 3. The molecule has 0 fully saturated rings. The molecule has 0 saturated carbocycles. The molecule has 28 heavy (non-hydrogen) atoms. The molecule has 3 aromatic rings. The van der Waals surface area contributed by atoms with Gasteiger partial charge >= 0.3 is 6.03 Å². The third-order valence-corrected chi connectivity index (χ3v) is 4.66. The zero-order chi connectivity index (χ0) is 19.9. The predicted molar refractivity (Wildman–Crippen MR) is 110 cm³/mol. The average molecular weight is 399 g/mol. The Kier molecular flexibility index (Phi) is 6.55. The van der Waals surface area contributed by atoms with E-state index in [2.05, 4.69) is 15.6 Å². The van der Waals surface area contributed by atoms with Crippen LogP contribution in [0.15, 0.2) is 60.9 Å². The number of aromatic nitrogens is 2. The van der Waals surface area contributed by atoms with Gasteiger partial charge in [0.2, 0.25) is 0 Å². The molecule has 2 amide bonds. The van der Waals surface area contributed by atoms with Crippen molar-refractivity contribution in [2.24, 2.45) is 7.05 Å². The van der Waals surface area contributed by atoms with E-state index in [-0.39, 0.29) is 12.1 Å². The number of imidazole rings is 1. The maximum absolute atomic E-state index is 12.5. The molecule has 2 aromatic carbocycles. The summed E-state index contributed by atoms with van der Waals surface area (Å²) < 4.78 is 7.11. The van der Waals surface area contributed by atoms with Gasteiger partial charge in [0.05, 0.1) is 7.11 Å². The highest BCUT2D eigenvalue weighted by atomic mass is 35.5. The van der Waals surface area contributed by atoms with Crippen molar-refractivity contribution in [3.8, 4) is 5.75 Å². The number of ether oxygens (including phenoxy) is 1. The maximum Gasteiger partial charge on any atom is 0.315 e. The number of hydrogen-bond donors (Lipinski definition) is 2. The molecule has 0 spiro atoms. The third-order valence-electron chi connectivity index (χ3n) is 4.43. The van der Waals surface area contributed by atoms with Crippen molar-refractivity contribution in [2.75, 3.05) is 13.7 Å². The van der Waals surface area contributed by atoms with Gasteiger partial charge in [0.15, 0.2) is 0 Å². The van der Waals surface area contributed by atoms with E-state index < -0.39 is 0 Å². The zero-order valence-corrected chi connectivity index (χ0v) is 16.6. The van der Waals surface area contributed by atoms with E-state index in [4.69, 9.17) is 16.3 Å². The Morgan fingerprint density at radius 2 is 2.04 bits per heavy atom. The van der Waals surface area contributed by atoms with Crippen LogP contribution in [0.3, 0.4) is 0 Å². The Balaban J connectivity index is 1.66. The van der Waals surface area contributed by atoms with E-state index in [0.29, 0.717) is 18.0 Å². The second kappa shape index (κ2) is 9.28. The van der Waals surface area contributed by atoms with Gasteiger partial charge in [-0.3, -0.25) is 0 Å². The molecule has 0 aliphatic carbocycles. The number of methoxy groups -OCH3 is 1. The Morgan fingerprint density at radius 1 is 1.25 bits per heavy atom. The van der Waals surface area contributed by atoms with E-state index in [0.717, 1.165) is 22.7 Å². The Labute approximate surface area is 169 Å². The molecule has 7 heteroatoms. The number of carbonyl (C=O) groups is 1. The van der Waals surface area contributed by atoms with Crippen LogP contribution >= 0.6 is 11.6 Å². The van der Waals surface area contributed by atoms with Crippen molar-refractivity contribution in [1.29, 1.82) is 0 Å². The molecule has 1 atom stereocenters. The predicted octanol–water partition coefficient (Wildman–Crippen LogP) is 3.71. The van der Waals surface area contributed by atoms with Gasteiger partial charge in [-0.05, 0) is 41.8 Å². The summed E-state index contributed by atoms with van der Waals surface area (Å²) in [5.74, 6) is 1.50. The van der Waals surface area contributed by atoms with E-state index in [1.807, 2.05) is 66.3 Å². The van der Waals surface area contributed by atoms with Crippen LogP contribution in [0.5, 0.6) is 5.75 Å². The third kappa shape index (κ3) is 5.04. The SMILES string of the molecule is COc1ccc(C(NC(=O)NCCc2cccc(Cl)c2)c2nccn2C)cc1. The molecule has 146 valence electrons. The number of urea groups is 1. The second-order valence-electron chi connectivity index (χ2n) is 6.38. The Bertz CT molecular complexity index is 924. The lowest BCUT2D eigenvalue weighted by atomic mass is 10.1. The molecule has 6 nitrogen and oxygen atoms in total. The van der Waals surface area contributed by atoms with Crippen LogP contribution in [-0.4, -0.2) is 29.2 Å². The van der Waals surface area contributed by atoms with Gasteiger partial charge < -0.3 is 19.9 Å². The standard InChI is InChI=1S/C21H23ClN4O2/c1-26-13-12-23-20(26)19(16-6-8-18(28-2)9-7-16)25-21(27)24-11-10-15-4-3-5-17(22)14-15/h3-9,12-14,19H,10-11H2,1-2H3,(H2,24,25,27). The first-order valence-corrected chi connectivity index (χ1v) is 9.34. The molecule has 1 unspecified atom stereocenters. The van der Waals surface area contributed by atoms with Gasteiger partial charge in [0.1, 0.15) is 17.6 Å². The Hall–Kier alpha value is -2.99. The highest BCUT2D eigenvalue weighted by molar-refractivity contribution is 6.30. The van der Waals surface area contributed by atoms with Crippen molar-refractivity contribution in [2.45, 2.75) is 12.5 Å². The van der Waals surface area contributed by atoms with Crippen LogP contribution in [0, 0.1) is 0 Å². The van der Waals surface area contributed by atoms with Gasteiger partial charge in [-0.15, -0.1) is 0 Å². The lowest BCUT2D eigenvalue weighted by Gasteiger charge is -2.20. The van der Waals surface area contributed by atoms with Gasteiger partial charge in [-0.2, -0.15) is 0 Å². The van der Waals surface area contributed by atoms with Crippen LogP contribution < -0.4 is 15.4 Å². The number of halogens is 1. The van der Waals surface area contributed by atoms with Crippen LogP contribution in [0.1, 0.15) is 23.0 Å². The minimum absolute atomic E-state index is 0.258. The summed E-state index contributed by atoms with van der Waals surface area (Å²) in [4.78, 5) is 16.9. The largest absolute Gasteiger partial charge is 0.497 e. The van der Waals surface area contributed by atoms with Gasteiger partial charge in [0.25, 0.3) is 0 Å². The monoisotopic (exact) mass is 398 g/mol. The molecule has 1 heterocycles. The summed E-state index contributed by atoms with van der Waals surface area (Å²) in [7, 11) is 3.52. The highest BCUT2D eigenvalue weighted by Crippen LogP contribution is 2.22. The van der Waals surface area contributed by atoms with Crippen molar-refractivity contribution in [3.63, 3.8) is 0 Å². The number of benzene rings is 2. The number of aryl methyl sites for hydroxylation is 1. The number of nitrogens with zero attached hydrogens (tertiary/aromatic N) is 2. The van der Waals surface area contributed by atoms with E-state index in [9.17, 15) is 4.79 Å². The summed E-state index contributed by atoms with van der Waals surface area (Å²) in [6.45, 7) is 0.502. The van der Waals surface area contributed by atoms with Gasteiger partial charge in [-0.1, -0.05) is 35.9 Å². The molecule has 0 aliphatic rings. The van der Waals surface area contributed by atoms with E-state index in [1.54, 1.807) is 13.3 Å². The summed E-state index contributed by atoms with van der Waals surface area (Å²) >= 11 is 6.00. The molecule has 0 bridgehead atoms. The summed E-state index contributed by atoms with van der Waals surface area (Å²) in [5, 5.41) is 6.60. The van der Waals surface area contributed by atoms with E-state index >= 15 is 0 Å². The lowest BCUT2D eigenvalue weighted by Crippen LogP contribution is -2.40. The lowest BCUT2D eigenvalue weighted by molar-refractivity contribution is 0.238. The fourth-order valence-corrected chi connectivity index (χ4v) is 3.16. The average Bonchev–Trinajstić information content (AvgIpc) is 3.12. The number of nitrogens with one attached hydrogen (secondary N) is 2. The summed E-state index contributed by atoms with van der Waals surface area (Å²) in [6, 6.07) is 14.6. The van der Waals surface area contributed by atoms with Crippen molar-refractivity contribution in [1.82, 2.24) is 20.2 Å². The minimum atomic E-state index is -0.378. The molecule has 0 radical (unpaired) electrons. The van der Waals surface area contributed by atoms with Crippen molar-refractivity contribution < 1.29 is 9.53 Å². The first-order chi connectivity index (χ1) is 13.6. The number of carbonyl (C=O) groups excluding carboxylic acids is 1. The maximum atomic E-state index is 12.5. The van der Waals surface area contributed by atoms with E-state index in [1.165, 1.54) is 0 Å².